The van der Waals surface area contributed by atoms with Crippen LogP contribution in [0.15, 0.2) is 66.7 Å². The van der Waals surface area contributed by atoms with Gasteiger partial charge in [-0.1, -0.05) is 47.5 Å². The molecule has 3 aromatic rings. The molecule has 1 N–H and O–H groups in total. The molecule has 0 saturated heterocycles. The second-order valence-electron chi connectivity index (χ2n) is 10.2. The summed E-state index contributed by atoms with van der Waals surface area (Å²) in [5.41, 5.74) is 0.900. The van der Waals surface area contributed by atoms with Gasteiger partial charge in [0.1, 0.15) is 29.8 Å². The van der Waals surface area contributed by atoms with Gasteiger partial charge in [0.05, 0.1) is 28.4 Å². The molecule has 0 saturated carbocycles. The first kappa shape index (κ1) is 32.4. The third-order valence-electron chi connectivity index (χ3n) is 5.75. The van der Waals surface area contributed by atoms with E-state index < -0.39 is 29.6 Å². The number of benzene rings is 2. The molecule has 1 atom stereocenters. The summed E-state index contributed by atoms with van der Waals surface area (Å²) in [7, 11) is 2.85. The van der Waals surface area contributed by atoms with Gasteiger partial charge in [-0.05, 0) is 74.9 Å². The van der Waals surface area contributed by atoms with Crippen molar-refractivity contribution in [2.45, 2.75) is 38.8 Å². The zero-order chi connectivity index (χ0) is 30.9. The molecule has 9 nitrogen and oxygen atoms in total. The molecule has 1 aromatic heterocycles. The predicted octanol–water partition coefficient (Wildman–Crippen LogP) is 6.37. The third-order valence-corrected chi connectivity index (χ3v) is 6.38. The van der Waals surface area contributed by atoms with Crippen LogP contribution in [0.3, 0.4) is 0 Å². The molecule has 11 heteroatoms. The lowest BCUT2D eigenvalue weighted by Gasteiger charge is -2.24. The van der Waals surface area contributed by atoms with Crippen LogP contribution in [0.4, 0.5) is 10.6 Å². The van der Waals surface area contributed by atoms with Crippen LogP contribution < -0.4 is 15.0 Å². The fraction of sp³-hybridized carbons (Fsp3) is 0.290. The Labute approximate surface area is 255 Å². The van der Waals surface area contributed by atoms with Gasteiger partial charge in [0.25, 0.3) is 5.91 Å². The molecule has 0 fully saturated rings. The second kappa shape index (κ2) is 14.7. The number of halogens is 2. The van der Waals surface area contributed by atoms with E-state index in [-0.39, 0.29) is 28.6 Å². The highest BCUT2D eigenvalue weighted by Crippen LogP contribution is 2.24. The molecule has 222 valence electrons. The largest absolute Gasteiger partial charge is 0.490 e. The minimum atomic E-state index is -0.956. The first-order valence-electron chi connectivity index (χ1n) is 13.0. The molecular formula is C31H33Cl2N3O6. The minimum Gasteiger partial charge on any atom is -0.490 e. The SMILES string of the molecule is COC(=O)[C@H](Cc1ccc(OC/C=C/c2cccc(N(C)C(=O)OC(C)(C)C)n2)cc1)NC(=O)c1c(Cl)cccc1Cl. The number of hydrogen-bond donors (Lipinski definition) is 1. The Morgan fingerprint density at radius 3 is 2.26 bits per heavy atom. The van der Waals surface area contributed by atoms with E-state index in [4.69, 9.17) is 37.4 Å². The van der Waals surface area contributed by atoms with Crippen molar-refractivity contribution in [1.29, 1.82) is 0 Å². The molecule has 0 bridgehead atoms. The molecule has 42 heavy (non-hydrogen) atoms. The molecular weight excluding hydrogens is 581 g/mol. The number of esters is 1. The normalized spacial score (nSPS) is 12.0. The van der Waals surface area contributed by atoms with E-state index in [1.54, 1.807) is 94.6 Å². The van der Waals surface area contributed by atoms with Crippen molar-refractivity contribution in [3.63, 3.8) is 0 Å². The summed E-state index contributed by atoms with van der Waals surface area (Å²) in [6.07, 6.45) is 3.28. The molecule has 0 spiro atoms. The maximum atomic E-state index is 12.8. The average Bonchev–Trinajstić information content (AvgIpc) is 2.94. The summed E-state index contributed by atoms with van der Waals surface area (Å²) in [4.78, 5) is 43.3. The average molecular weight is 615 g/mol. The van der Waals surface area contributed by atoms with Crippen LogP contribution in [0.2, 0.25) is 10.0 Å². The first-order chi connectivity index (χ1) is 19.9. The lowest BCUT2D eigenvalue weighted by Crippen LogP contribution is -2.43. The van der Waals surface area contributed by atoms with Crippen LogP contribution in [0, 0.1) is 0 Å². The van der Waals surface area contributed by atoms with Crippen LogP contribution in [0.5, 0.6) is 5.75 Å². The van der Waals surface area contributed by atoms with E-state index in [0.29, 0.717) is 17.3 Å². The van der Waals surface area contributed by atoms with Crippen molar-refractivity contribution >= 4 is 53.1 Å². The topological polar surface area (TPSA) is 107 Å². The number of amides is 2. The van der Waals surface area contributed by atoms with E-state index in [9.17, 15) is 14.4 Å². The molecule has 2 aromatic carbocycles. The van der Waals surface area contributed by atoms with Gasteiger partial charge in [-0.2, -0.15) is 0 Å². The predicted molar refractivity (Wildman–Crippen MR) is 163 cm³/mol. The van der Waals surface area contributed by atoms with Crippen molar-refractivity contribution in [1.82, 2.24) is 10.3 Å². The monoisotopic (exact) mass is 613 g/mol. The smallest absolute Gasteiger partial charge is 0.415 e. The van der Waals surface area contributed by atoms with Gasteiger partial charge >= 0.3 is 12.1 Å². The lowest BCUT2D eigenvalue weighted by molar-refractivity contribution is -0.142. The van der Waals surface area contributed by atoms with Crippen LogP contribution in [0.25, 0.3) is 6.08 Å². The minimum absolute atomic E-state index is 0.0866. The number of hydrogen-bond acceptors (Lipinski definition) is 7. The highest BCUT2D eigenvalue weighted by Gasteiger charge is 2.25. The number of rotatable bonds is 10. The molecule has 1 heterocycles. The number of pyridine rings is 1. The van der Waals surface area contributed by atoms with Crippen LogP contribution >= 0.6 is 23.2 Å². The molecule has 0 radical (unpaired) electrons. The van der Waals surface area contributed by atoms with Crippen molar-refractivity contribution in [2.75, 3.05) is 25.7 Å². The van der Waals surface area contributed by atoms with Gasteiger partial charge < -0.3 is 19.5 Å². The Morgan fingerprint density at radius 1 is 1.00 bits per heavy atom. The van der Waals surface area contributed by atoms with Gasteiger partial charge in [-0.25, -0.2) is 14.6 Å². The maximum Gasteiger partial charge on any atom is 0.415 e. The number of methoxy groups -OCH3 is 1. The standard InChI is InChI=1S/C31H33Cl2N3O6/c1-31(2,3)42-30(39)36(4)26-13-6-9-21(34-26)10-8-18-41-22-16-14-20(15-17-22)19-25(29(38)40-5)35-28(37)27-23(32)11-7-12-24(27)33/h6-17,25H,18-19H2,1-5H3,(H,35,37)/b10-8+/t25-/m0/s1. The second-order valence-corrected chi connectivity index (χ2v) is 11.0. The fourth-order valence-corrected chi connectivity index (χ4v) is 4.26. The number of nitrogens with one attached hydrogen (secondary N) is 1. The zero-order valence-corrected chi connectivity index (χ0v) is 25.5. The number of nitrogens with zero attached hydrogens (tertiary/aromatic N) is 2. The van der Waals surface area contributed by atoms with Crippen LogP contribution in [0.1, 0.15) is 42.4 Å². The number of carbonyl (C=O) groups is 3. The molecule has 0 aliphatic carbocycles. The molecule has 0 unspecified atom stereocenters. The Balaban J connectivity index is 1.57. The third kappa shape index (κ3) is 9.49. The highest BCUT2D eigenvalue weighted by atomic mass is 35.5. The molecule has 2 amide bonds. The van der Waals surface area contributed by atoms with Gasteiger partial charge in [-0.3, -0.25) is 9.69 Å². The molecule has 0 aliphatic heterocycles. The summed E-state index contributed by atoms with van der Waals surface area (Å²) in [5, 5.41) is 3.01. The number of carbonyl (C=O) groups excluding carboxylic acids is 3. The Morgan fingerprint density at radius 2 is 1.64 bits per heavy atom. The van der Waals surface area contributed by atoms with Crippen molar-refractivity contribution in [2.24, 2.45) is 0 Å². The Kier molecular flexibility index (Phi) is 11.4. The van der Waals surface area contributed by atoms with Crippen LogP contribution in [-0.2, 0) is 20.7 Å². The summed E-state index contributed by atoms with van der Waals surface area (Å²) >= 11 is 12.3. The quantitative estimate of drug-likeness (QED) is 0.265. The number of ether oxygens (including phenoxy) is 3. The highest BCUT2D eigenvalue weighted by molar-refractivity contribution is 6.39. The first-order valence-corrected chi connectivity index (χ1v) is 13.8. The van der Waals surface area contributed by atoms with Gasteiger partial charge in [0.2, 0.25) is 0 Å². The molecule has 0 aliphatic rings. The van der Waals surface area contributed by atoms with Gasteiger partial charge in [0.15, 0.2) is 0 Å². The summed E-state index contributed by atoms with van der Waals surface area (Å²) in [6, 6.07) is 16.2. The van der Waals surface area contributed by atoms with Gasteiger partial charge in [0, 0.05) is 13.5 Å². The summed E-state index contributed by atoms with van der Waals surface area (Å²) in [6.45, 7) is 5.68. The Hall–Kier alpha value is -4.08. The zero-order valence-electron chi connectivity index (χ0n) is 24.0. The van der Waals surface area contributed by atoms with E-state index in [2.05, 4.69) is 10.3 Å². The summed E-state index contributed by atoms with van der Waals surface area (Å²) in [5.74, 6) is -0.119. The van der Waals surface area contributed by atoms with Crippen LogP contribution in [-0.4, -0.2) is 55.4 Å². The van der Waals surface area contributed by atoms with Gasteiger partial charge in [-0.15, -0.1) is 0 Å². The maximum absolute atomic E-state index is 12.8. The fourth-order valence-electron chi connectivity index (χ4n) is 3.69. The number of anilines is 1. The van der Waals surface area contributed by atoms with E-state index in [1.807, 2.05) is 6.07 Å². The van der Waals surface area contributed by atoms with Crippen molar-refractivity contribution in [3.8, 4) is 5.75 Å². The van der Waals surface area contributed by atoms with E-state index in [0.717, 1.165) is 5.56 Å². The summed E-state index contributed by atoms with van der Waals surface area (Å²) < 4.78 is 16.1. The van der Waals surface area contributed by atoms with Crippen molar-refractivity contribution in [3.05, 3.63) is 93.6 Å². The molecule has 3 rings (SSSR count). The lowest BCUT2D eigenvalue weighted by atomic mass is 10.0. The number of aromatic nitrogens is 1. The van der Waals surface area contributed by atoms with Crippen molar-refractivity contribution < 1.29 is 28.6 Å². The van der Waals surface area contributed by atoms with E-state index in [1.165, 1.54) is 12.0 Å². The Bertz CT molecular complexity index is 1420. The van der Waals surface area contributed by atoms with E-state index >= 15 is 0 Å².